The van der Waals surface area contributed by atoms with E-state index >= 15 is 0 Å². The van der Waals surface area contributed by atoms with E-state index < -0.39 is 12.0 Å². The fraction of sp³-hybridized carbons (Fsp3) is 0.526. The van der Waals surface area contributed by atoms with Crippen LogP contribution in [-0.2, 0) is 14.4 Å². The molecule has 1 unspecified atom stereocenters. The molecule has 3 rings (SSSR count). The first kappa shape index (κ1) is 19.2. The zero-order valence-electron chi connectivity index (χ0n) is 15.9. The van der Waals surface area contributed by atoms with Crippen LogP contribution in [0, 0.1) is 5.41 Å². The van der Waals surface area contributed by atoms with Crippen molar-refractivity contribution >= 4 is 23.1 Å². The number of rotatable bonds is 7. The Morgan fingerprint density at radius 3 is 2.81 bits per heavy atom. The number of anilines is 1. The molecular weight excluding hydrogens is 346 g/mol. The lowest BCUT2D eigenvalue weighted by Crippen LogP contribution is -2.30. The number of amidine groups is 1. The average molecular weight is 373 g/mol. The van der Waals surface area contributed by atoms with Crippen molar-refractivity contribution in [2.75, 3.05) is 45.3 Å². The van der Waals surface area contributed by atoms with Crippen LogP contribution < -0.4 is 10.6 Å². The highest BCUT2D eigenvalue weighted by atomic mass is 16.6. The highest BCUT2D eigenvalue weighted by Gasteiger charge is 2.29. The number of primary amides is 1. The normalized spacial score (nSPS) is 19.0. The van der Waals surface area contributed by atoms with Gasteiger partial charge in [0.05, 0.1) is 12.3 Å². The van der Waals surface area contributed by atoms with E-state index in [1.807, 2.05) is 25.2 Å². The lowest BCUT2D eigenvalue weighted by molar-refractivity contribution is -0.127. The standard InChI is InChI=1S/C19H27N5O3/c1-23(9-10-26-2)16-11-13(18(20)24-7-3-4-8-24)5-6-14(16)15-12-17(19(21)25)27-22-15/h5-6,11,17,20H,3-4,7-10,12H2,1-2H3,(H2,21,25). The minimum absolute atomic E-state index is 0.351. The van der Waals surface area contributed by atoms with E-state index in [9.17, 15) is 4.79 Å². The summed E-state index contributed by atoms with van der Waals surface area (Å²) in [7, 11) is 3.64. The summed E-state index contributed by atoms with van der Waals surface area (Å²) in [5, 5.41) is 12.6. The molecule has 1 saturated heterocycles. The molecule has 2 aliphatic heterocycles. The SMILES string of the molecule is COCCN(C)c1cc(C(=N)N2CCCC2)ccc1C1=NOC(C(N)=O)C1. The third kappa shape index (κ3) is 4.21. The van der Waals surface area contributed by atoms with Crippen molar-refractivity contribution in [1.82, 2.24) is 4.90 Å². The minimum Gasteiger partial charge on any atom is -0.383 e. The molecule has 3 N–H and O–H groups in total. The molecule has 0 aliphatic carbocycles. The predicted octanol–water partition coefficient (Wildman–Crippen LogP) is 1.17. The second-order valence-corrected chi connectivity index (χ2v) is 6.93. The Bertz CT molecular complexity index is 743. The summed E-state index contributed by atoms with van der Waals surface area (Å²) >= 11 is 0. The molecule has 8 nitrogen and oxygen atoms in total. The van der Waals surface area contributed by atoms with Crippen molar-refractivity contribution in [3.8, 4) is 0 Å². The first-order chi connectivity index (χ1) is 13.0. The van der Waals surface area contributed by atoms with Gasteiger partial charge in [0.15, 0.2) is 0 Å². The number of benzene rings is 1. The molecule has 8 heteroatoms. The smallest absolute Gasteiger partial charge is 0.261 e. The Kier molecular flexibility index (Phi) is 5.95. The number of nitrogens with two attached hydrogens (primary N) is 1. The quantitative estimate of drug-likeness (QED) is 0.551. The molecule has 0 saturated carbocycles. The van der Waals surface area contributed by atoms with Crippen LogP contribution in [0.5, 0.6) is 0 Å². The van der Waals surface area contributed by atoms with Crippen LogP contribution in [0.15, 0.2) is 23.4 Å². The molecule has 0 radical (unpaired) electrons. The Morgan fingerprint density at radius 2 is 2.19 bits per heavy atom. The van der Waals surface area contributed by atoms with Gasteiger partial charge < -0.3 is 25.1 Å². The van der Waals surface area contributed by atoms with Crippen molar-refractivity contribution in [3.05, 3.63) is 29.3 Å². The van der Waals surface area contributed by atoms with Gasteiger partial charge in [0.2, 0.25) is 6.10 Å². The highest BCUT2D eigenvalue weighted by molar-refractivity contribution is 6.09. The molecule has 0 spiro atoms. The minimum atomic E-state index is -0.722. The largest absolute Gasteiger partial charge is 0.383 e. The predicted molar refractivity (Wildman–Crippen MR) is 104 cm³/mol. The fourth-order valence-corrected chi connectivity index (χ4v) is 3.40. The number of nitrogens with one attached hydrogen (secondary N) is 1. The molecule has 1 amide bonds. The van der Waals surface area contributed by atoms with Gasteiger partial charge in [-0.2, -0.15) is 0 Å². The number of carbonyl (C=O) groups is 1. The number of likely N-dealkylation sites (tertiary alicyclic amines) is 1. The van der Waals surface area contributed by atoms with E-state index in [1.54, 1.807) is 7.11 Å². The first-order valence-corrected chi connectivity index (χ1v) is 9.21. The van der Waals surface area contributed by atoms with Crippen LogP contribution in [0.2, 0.25) is 0 Å². The fourth-order valence-electron chi connectivity index (χ4n) is 3.40. The van der Waals surface area contributed by atoms with E-state index in [0.717, 1.165) is 42.7 Å². The molecule has 0 aromatic heterocycles. The number of hydrogen-bond acceptors (Lipinski definition) is 6. The monoisotopic (exact) mass is 373 g/mol. The number of nitrogens with zero attached hydrogens (tertiary/aromatic N) is 3. The van der Waals surface area contributed by atoms with Crippen LogP contribution in [0.3, 0.4) is 0 Å². The maximum atomic E-state index is 11.4. The third-order valence-electron chi connectivity index (χ3n) is 5.03. The molecule has 27 heavy (non-hydrogen) atoms. The van der Waals surface area contributed by atoms with Gasteiger partial charge in [-0.25, -0.2) is 0 Å². The van der Waals surface area contributed by atoms with E-state index in [0.29, 0.717) is 31.1 Å². The van der Waals surface area contributed by atoms with Crippen molar-refractivity contribution in [3.63, 3.8) is 0 Å². The number of likely N-dealkylation sites (N-methyl/N-ethyl adjacent to an activating group) is 1. The van der Waals surface area contributed by atoms with Crippen molar-refractivity contribution in [1.29, 1.82) is 5.41 Å². The summed E-state index contributed by atoms with van der Waals surface area (Å²) in [6.45, 7) is 3.13. The third-order valence-corrected chi connectivity index (χ3v) is 5.03. The zero-order chi connectivity index (χ0) is 19.4. The van der Waals surface area contributed by atoms with Crippen LogP contribution in [0.4, 0.5) is 5.69 Å². The molecule has 2 aliphatic rings. The molecule has 1 atom stereocenters. The Labute approximate surface area is 159 Å². The highest BCUT2D eigenvalue weighted by Crippen LogP contribution is 2.28. The second kappa shape index (κ2) is 8.39. The maximum absolute atomic E-state index is 11.4. The molecule has 1 aromatic rings. The zero-order valence-corrected chi connectivity index (χ0v) is 15.9. The summed E-state index contributed by atoms with van der Waals surface area (Å²) in [5.74, 6) is 0.0236. The van der Waals surface area contributed by atoms with Crippen LogP contribution in [-0.4, -0.2) is 68.9 Å². The molecule has 2 heterocycles. The number of oxime groups is 1. The lowest BCUT2D eigenvalue weighted by atomic mass is 9.99. The van der Waals surface area contributed by atoms with Crippen LogP contribution in [0.1, 0.15) is 30.4 Å². The summed E-state index contributed by atoms with van der Waals surface area (Å²) in [4.78, 5) is 20.7. The van der Waals surface area contributed by atoms with Crippen LogP contribution >= 0.6 is 0 Å². The molecular formula is C19H27N5O3. The Hall–Kier alpha value is -2.61. The van der Waals surface area contributed by atoms with Gasteiger partial charge in [-0.15, -0.1) is 0 Å². The van der Waals surface area contributed by atoms with Crippen LogP contribution in [0.25, 0.3) is 0 Å². The Balaban J connectivity index is 1.90. The van der Waals surface area contributed by atoms with E-state index in [4.69, 9.17) is 20.7 Å². The second-order valence-electron chi connectivity index (χ2n) is 6.93. The van der Waals surface area contributed by atoms with E-state index in [-0.39, 0.29) is 0 Å². The Morgan fingerprint density at radius 1 is 1.44 bits per heavy atom. The molecule has 1 fully saturated rings. The van der Waals surface area contributed by atoms with Gasteiger partial charge in [0.1, 0.15) is 5.84 Å². The topological polar surface area (TPSA) is 104 Å². The molecule has 0 bridgehead atoms. The number of hydrogen-bond donors (Lipinski definition) is 2. The van der Waals surface area contributed by atoms with Crippen molar-refractivity contribution in [2.24, 2.45) is 10.9 Å². The van der Waals surface area contributed by atoms with Gasteiger partial charge in [0.25, 0.3) is 5.91 Å². The van der Waals surface area contributed by atoms with Gasteiger partial charge in [-0.05, 0) is 18.9 Å². The van der Waals surface area contributed by atoms with E-state index in [2.05, 4.69) is 15.0 Å². The van der Waals surface area contributed by atoms with Gasteiger partial charge >= 0.3 is 0 Å². The summed E-state index contributed by atoms with van der Waals surface area (Å²) < 4.78 is 5.20. The lowest BCUT2D eigenvalue weighted by Gasteiger charge is -2.25. The van der Waals surface area contributed by atoms with Gasteiger partial charge in [0, 0.05) is 57.0 Å². The van der Waals surface area contributed by atoms with Gasteiger partial charge in [-0.3, -0.25) is 10.2 Å². The number of ether oxygens (including phenoxy) is 1. The van der Waals surface area contributed by atoms with Gasteiger partial charge in [-0.1, -0.05) is 17.3 Å². The van der Waals surface area contributed by atoms with Crippen molar-refractivity contribution in [2.45, 2.75) is 25.4 Å². The number of carbonyl (C=O) groups excluding carboxylic acids is 1. The summed E-state index contributed by atoms with van der Waals surface area (Å²) in [5.41, 5.74) is 8.71. The number of amides is 1. The summed E-state index contributed by atoms with van der Waals surface area (Å²) in [6.07, 6.45) is 1.89. The molecule has 146 valence electrons. The van der Waals surface area contributed by atoms with E-state index in [1.165, 1.54) is 0 Å². The summed E-state index contributed by atoms with van der Waals surface area (Å²) in [6, 6.07) is 5.89. The number of methoxy groups -OCH3 is 1. The average Bonchev–Trinajstić information content (AvgIpc) is 3.37. The first-order valence-electron chi connectivity index (χ1n) is 9.21. The maximum Gasteiger partial charge on any atom is 0.261 e. The van der Waals surface area contributed by atoms with Crippen molar-refractivity contribution < 1.29 is 14.4 Å². The molecule has 1 aromatic carbocycles.